The smallest absolute Gasteiger partial charge is 0.361 e. The largest absolute Gasteiger partial charge is 0.401 e. The number of nitrogens with one attached hydrogen (secondary N) is 1. The number of nitrogens with zero attached hydrogens (tertiary/aromatic N) is 4. The average Bonchev–Trinajstić information content (AvgIpc) is 3.14. The normalized spacial score (nSPS) is 16.6. The Balaban J connectivity index is 1.66. The van der Waals surface area contributed by atoms with Crippen LogP contribution in [-0.4, -0.2) is 64.5 Å². The van der Waals surface area contributed by atoms with E-state index in [-0.39, 0.29) is 24.5 Å². The van der Waals surface area contributed by atoms with Crippen molar-refractivity contribution >= 4 is 30.0 Å². The molecule has 0 saturated carbocycles. The summed E-state index contributed by atoms with van der Waals surface area (Å²) in [5.74, 6) is 0. The van der Waals surface area contributed by atoms with E-state index in [2.05, 4.69) is 29.6 Å². The molecule has 0 aromatic carbocycles. The summed E-state index contributed by atoms with van der Waals surface area (Å²) in [7, 11) is -1.22. The average molecular weight is 498 g/mol. The Morgan fingerprint density at radius 1 is 1.18 bits per heavy atom. The van der Waals surface area contributed by atoms with Crippen LogP contribution in [0.25, 0.3) is 21.9 Å². The number of H-pyrrole nitrogens is 1. The van der Waals surface area contributed by atoms with Gasteiger partial charge in [-0.05, 0) is 25.0 Å². The van der Waals surface area contributed by atoms with E-state index in [1.165, 1.54) is 15.7 Å². The topological polar surface area (TPSA) is 85.1 Å². The Bertz CT molecular complexity index is 1280. The highest BCUT2D eigenvalue weighted by molar-refractivity contribution is 6.76. The number of alkyl halides is 3. The van der Waals surface area contributed by atoms with Gasteiger partial charge in [0.15, 0.2) is 0 Å². The number of piperidine rings is 1. The van der Waals surface area contributed by atoms with Crippen molar-refractivity contribution in [1.82, 2.24) is 24.0 Å². The number of halogens is 3. The lowest BCUT2D eigenvalue weighted by Gasteiger charge is -2.33. The second-order valence-electron chi connectivity index (χ2n) is 10.1. The van der Waals surface area contributed by atoms with Crippen molar-refractivity contribution in [1.29, 1.82) is 0 Å². The van der Waals surface area contributed by atoms with Gasteiger partial charge in [0.2, 0.25) is 0 Å². The molecule has 186 valence electrons. The van der Waals surface area contributed by atoms with Gasteiger partial charge in [-0.3, -0.25) is 19.2 Å². The van der Waals surface area contributed by atoms with E-state index in [1.807, 2.05) is 10.8 Å². The van der Waals surface area contributed by atoms with Crippen LogP contribution in [0.5, 0.6) is 0 Å². The Hall–Kier alpha value is -2.44. The molecule has 0 amide bonds. The molecule has 3 aromatic rings. The van der Waals surface area contributed by atoms with Crippen LogP contribution in [0.2, 0.25) is 25.7 Å². The van der Waals surface area contributed by atoms with E-state index < -0.39 is 32.0 Å². The third-order valence-electron chi connectivity index (χ3n) is 6.24. The van der Waals surface area contributed by atoms with E-state index >= 15 is 0 Å². The van der Waals surface area contributed by atoms with Gasteiger partial charge < -0.3 is 9.30 Å². The van der Waals surface area contributed by atoms with Gasteiger partial charge in [-0.1, -0.05) is 19.6 Å². The van der Waals surface area contributed by atoms with Gasteiger partial charge >= 0.3 is 11.9 Å². The van der Waals surface area contributed by atoms with Crippen LogP contribution in [0.1, 0.15) is 18.9 Å². The lowest BCUT2D eigenvalue weighted by molar-refractivity contribution is -0.148. The molecule has 4 heterocycles. The number of ether oxygens (including phenoxy) is 1. The molecule has 0 unspecified atom stereocenters. The molecular formula is C22H30F3N5O3Si. The maximum absolute atomic E-state index is 12.9. The minimum Gasteiger partial charge on any atom is -0.361 e. The molecular weight excluding hydrogens is 467 g/mol. The molecule has 8 nitrogen and oxygen atoms in total. The van der Waals surface area contributed by atoms with E-state index in [1.54, 1.807) is 6.07 Å². The fourth-order valence-corrected chi connectivity index (χ4v) is 5.22. The Kier molecular flexibility index (Phi) is 6.75. The first kappa shape index (κ1) is 24.7. The van der Waals surface area contributed by atoms with Crippen LogP contribution in [-0.2, 0) is 11.5 Å². The molecule has 0 aliphatic carbocycles. The third-order valence-corrected chi connectivity index (χ3v) is 7.94. The summed E-state index contributed by atoms with van der Waals surface area (Å²) in [5.41, 5.74) is -0.0275. The second-order valence-corrected chi connectivity index (χ2v) is 15.8. The summed E-state index contributed by atoms with van der Waals surface area (Å²) in [6.45, 7) is 7.25. The SMILES string of the molecule is C[Si](C)(C)CCOCn1ccc2c1ncc1c(=O)[nH]c(=O)n(C3CCN(CC(F)(F)F)CC3)c12. The fraction of sp³-hybridized carbons (Fsp3) is 0.591. The van der Waals surface area contributed by atoms with E-state index in [0.29, 0.717) is 42.7 Å². The van der Waals surface area contributed by atoms with Gasteiger partial charge in [-0.2, -0.15) is 13.2 Å². The first-order chi connectivity index (χ1) is 15.9. The van der Waals surface area contributed by atoms with E-state index in [4.69, 9.17) is 4.74 Å². The standard InChI is InChI=1S/C22H30F3N5O3Si/c1-34(2,3)11-10-33-14-29-9-6-16-18-17(12-26-19(16)29)20(31)27-21(32)30(18)15-4-7-28(8-5-15)13-22(23,24)25/h6,9,12,15H,4-5,7-8,10-11,13-14H2,1-3H3,(H,27,31,32). The maximum atomic E-state index is 12.9. The molecule has 1 fully saturated rings. The number of aromatic amines is 1. The molecule has 4 rings (SSSR count). The Morgan fingerprint density at radius 2 is 1.88 bits per heavy atom. The van der Waals surface area contributed by atoms with Crippen molar-refractivity contribution in [3.05, 3.63) is 39.3 Å². The van der Waals surface area contributed by atoms with Gasteiger partial charge in [0.05, 0.1) is 17.4 Å². The zero-order valence-electron chi connectivity index (χ0n) is 19.6. The molecule has 3 aromatic heterocycles. The summed E-state index contributed by atoms with van der Waals surface area (Å²) >= 11 is 0. The number of hydrogen-bond acceptors (Lipinski definition) is 5. The lowest BCUT2D eigenvalue weighted by Crippen LogP contribution is -2.43. The van der Waals surface area contributed by atoms with Crippen LogP contribution in [0, 0.1) is 0 Å². The van der Waals surface area contributed by atoms with Gasteiger partial charge in [0.1, 0.15) is 12.4 Å². The molecule has 1 aliphatic heterocycles. The number of fused-ring (bicyclic) bond motifs is 3. The van der Waals surface area contributed by atoms with Crippen molar-refractivity contribution in [2.75, 3.05) is 26.2 Å². The number of rotatable bonds is 7. The maximum Gasteiger partial charge on any atom is 0.401 e. The highest BCUT2D eigenvalue weighted by atomic mass is 28.3. The van der Waals surface area contributed by atoms with E-state index in [9.17, 15) is 22.8 Å². The van der Waals surface area contributed by atoms with Gasteiger partial charge in [0.25, 0.3) is 5.56 Å². The monoisotopic (exact) mass is 497 g/mol. The van der Waals surface area contributed by atoms with Gasteiger partial charge in [-0.15, -0.1) is 0 Å². The van der Waals surface area contributed by atoms with Crippen molar-refractivity contribution in [3.8, 4) is 0 Å². The van der Waals surface area contributed by atoms with Crippen LogP contribution < -0.4 is 11.2 Å². The fourth-order valence-electron chi connectivity index (χ4n) is 4.46. The van der Waals surface area contributed by atoms with Crippen LogP contribution in [0.15, 0.2) is 28.0 Å². The molecule has 0 spiro atoms. The molecule has 1 aliphatic rings. The first-order valence-electron chi connectivity index (χ1n) is 11.4. The van der Waals surface area contributed by atoms with Crippen LogP contribution in [0.4, 0.5) is 13.2 Å². The highest BCUT2D eigenvalue weighted by Crippen LogP contribution is 2.29. The highest BCUT2D eigenvalue weighted by Gasteiger charge is 2.33. The first-order valence-corrected chi connectivity index (χ1v) is 15.1. The number of likely N-dealkylation sites (tertiary alicyclic amines) is 1. The molecule has 1 saturated heterocycles. The minimum absolute atomic E-state index is 0.220. The molecule has 0 atom stereocenters. The zero-order chi connectivity index (χ0) is 24.7. The predicted molar refractivity (Wildman–Crippen MR) is 127 cm³/mol. The molecule has 12 heteroatoms. The molecule has 0 radical (unpaired) electrons. The van der Waals surface area contributed by atoms with Crippen LogP contribution in [0.3, 0.4) is 0 Å². The van der Waals surface area contributed by atoms with Crippen molar-refractivity contribution in [3.63, 3.8) is 0 Å². The van der Waals surface area contributed by atoms with Crippen molar-refractivity contribution in [2.24, 2.45) is 0 Å². The minimum atomic E-state index is -4.26. The summed E-state index contributed by atoms with van der Waals surface area (Å²) in [5, 5.41) is 0.925. The lowest BCUT2D eigenvalue weighted by atomic mass is 10.0. The summed E-state index contributed by atoms with van der Waals surface area (Å²) in [4.78, 5) is 33.6. The van der Waals surface area contributed by atoms with E-state index in [0.717, 1.165) is 6.04 Å². The summed E-state index contributed by atoms with van der Waals surface area (Å²) in [6, 6.07) is 2.52. The van der Waals surface area contributed by atoms with Gasteiger partial charge in [0, 0.05) is 51.6 Å². The molecule has 34 heavy (non-hydrogen) atoms. The Morgan fingerprint density at radius 3 is 2.53 bits per heavy atom. The predicted octanol–water partition coefficient (Wildman–Crippen LogP) is 3.55. The van der Waals surface area contributed by atoms with Gasteiger partial charge in [-0.25, -0.2) is 9.78 Å². The van der Waals surface area contributed by atoms with Crippen molar-refractivity contribution < 1.29 is 17.9 Å². The molecule has 1 N–H and O–H groups in total. The summed E-state index contributed by atoms with van der Waals surface area (Å²) < 4.78 is 47.5. The second kappa shape index (κ2) is 9.31. The van der Waals surface area contributed by atoms with Crippen LogP contribution >= 0.6 is 0 Å². The summed E-state index contributed by atoms with van der Waals surface area (Å²) in [6.07, 6.45) is -0.244. The zero-order valence-corrected chi connectivity index (χ0v) is 20.6. The molecule has 0 bridgehead atoms. The number of pyridine rings is 1. The number of hydrogen-bond donors (Lipinski definition) is 1. The quantitative estimate of drug-likeness (QED) is 0.399. The van der Waals surface area contributed by atoms with Crippen molar-refractivity contribution in [2.45, 2.75) is 57.5 Å². The number of aromatic nitrogens is 4. The Labute approximate surface area is 195 Å². The third kappa shape index (κ3) is 5.44.